The van der Waals surface area contributed by atoms with Gasteiger partial charge in [0.15, 0.2) is 11.6 Å². The van der Waals surface area contributed by atoms with Crippen molar-refractivity contribution in [1.29, 1.82) is 0 Å². The fraction of sp³-hybridized carbons (Fsp3) is 0.100. The summed E-state index contributed by atoms with van der Waals surface area (Å²) in [6.45, 7) is 3.62. The summed E-state index contributed by atoms with van der Waals surface area (Å²) in [6, 6.07) is 14.6. The minimum absolute atomic E-state index is 0.110. The molecule has 2 aromatic carbocycles. The van der Waals surface area contributed by atoms with Gasteiger partial charge in [0.1, 0.15) is 11.6 Å². The number of anilines is 2. The van der Waals surface area contributed by atoms with Gasteiger partial charge in [-0.25, -0.2) is 9.37 Å². The monoisotopic (exact) mass is 351 g/mol. The van der Waals surface area contributed by atoms with Gasteiger partial charge in [0, 0.05) is 17.4 Å². The molecule has 0 fully saturated rings. The Labute approximate surface area is 150 Å². The summed E-state index contributed by atoms with van der Waals surface area (Å²) < 4.78 is 19.3. The number of rotatable bonds is 4. The van der Waals surface area contributed by atoms with E-state index in [4.69, 9.17) is 10.5 Å². The highest BCUT2D eigenvalue weighted by Crippen LogP contribution is 2.27. The van der Waals surface area contributed by atoms with Crippen molar-refractivity contribution in [3.63, 3.8) is 0 Å². The second kappa shape index (κ2) is 7.23. The van der Waals surface area contributed by atoms with Crippen LogP contribution in [0.1, 0.15) is 21.6 Å². The normalized spacial score (nSPS) is 10.4. The van der Waals surface area contributed by atoms with Crippen LogP contribution in [0.25, 0.3) is 0 Å². The molecular formula is C20H18FN3O2. The largest absolute Gasteiger partial charge is 0.454 e. The number of nitrogens with one attached hydrogen (secondary N) is 1. The van der Waals surface area contributed by atoms with Gasteiger partial charge in [-0.05, 0) is 49.7 Å². The van der Waals surface area contributed by atoms with Gasteiger partial charge in [-0.1, -0.05) is 18.2 Å². The summed E-state index contributed by atoms with van der Waals surface area (Å²) in [6.07, 6.45) is 0. The lowest BCUT2D eigenvalue weighted by atomic mass is 10.1. The molecule has 0 atom stereocenters. The fourth-order valence-corrected chi connectivity index (χ4v) is 2.65. The molecule has 0 bridgehead atoms. The number of nitrogens with two attached hydrogens (primary N) is 1. The molecule has 0 spiro atoms. The Kier molecular flexibility index (Phi) is 4.84. The minimum Gasteiger partial charge on any atom is -0.454 e. The Morgan fingerprint density at radius 2 is 1.88 bits per heavy atom. The number of ether oxygens (including phenoxy) is 1. The fourth-order valence-electron chi connectivity index (χ4n) is 2.65. The van der Waals surface area contributed by atoms with Crippen molar-refractivity contribution in [3.05, 3.63) is 77.2 Å². The molecular weight excluding hydrogens is 333 g/mol. The Morgan fingerprint density at radius 1 is 1.12 bits per heavy atom. The lowest BCUT2D eigenvalue weighted by molar-refractivity contribution is 0.102. The molecule has 0 aliphatic heterocycles. The molecule has 1 aromatic heterocycles. The molecule has 1 heterocycles. The van der Waals surface area contributed by atoms with E-state index in [1.165, 1.54) is 12.1 Å². The third kappa shape index (κ3) is 3.80. The summed E-state index contributed by atoms with van der Waals surface area (Å²) in [5.41, 5.74) is 8.21. The summed E-state index contributed by atoms with van der Waals surface area (Å²) in [7, 11) is 0. The van der Waals surface area contributed by atoms with Crippen LogP contribution in [0.5, 0.6) is 11.5 Å². The maximum atomic E-state index is 13.7. The number of aromatic nitrogens is 1. The predicted octanol–water partition coefficient (Wildman–Crippen LogP) is 4.46. The van der Waals surface area contributed by atoms with E-state index in [1.54, 1.807) is 49.4 Å². The van der Waals surface area contributed by atoms with Crippen LogP contribution in [0.4, 0.5) is 15.9 Å². The van der Waals surface area contributed by atoms with E-state index in [0.29, 0.717) is 17.0 Å². The minimum atomic E-state index is -0.462. The molecule has 0 unspecified atom stereocenters. The number of aryl methyl sites for hydroxylation is 2. The van der Waals surface area contributed by atoms with E-state index in [9.17, 15) is 9.18 Å². The zero-order valence-corrected chi connectivity index (χ0v) is 14.4. The molecule has 6 heteroatoms. The quantitative estimate of drug-likeness (QED) is 0.727. The molecule has 5 nitrogen and oxygen atoms in total. The molecule has 3 rings (SSSR count). The first-order valence-electron chi connectivity index (χ1n) is 8.01. The molecule has 0 aliphatic carbocycles. The molecule has 26 heavy (non-hydrogen) atoms. The van der Waals surface area contributed by atoms with E-state index < -0.39 is 5.82 Å². The van der Waals surface area contributed by atoms with Crippen LogP contribution in [0.3, 0.4) is 0 Å². The Morgan fingerprint density at radius 3 is 2.62 bits per heavy atom. The molecule has 3 aromatic rings. The van der Waals surface area contributed by atoms with Gasteiger partial charge in [-0.2, -0.15) is 0 Å². The number of benzene rings is 2. The van der Waals surface area contributed by atoms with E-state index in [0.717, 1.165) is 11.3 Å². The van der Waals surface area contributed by atoms with E-state index in [2.05, 4.69) is 10.3 Å². The summed E-state index contributed by atoms with van der Waals surface area (Å²) in [4.78, 5) is 16.7. The first-order valence-corrected chi connectivity index (χ1v) is 8.01. The van der Waals surface area contributed by atoms with Gasteiger partial charge in [0.05, 0.1) is 5.56 Å². The Balaban J connectivity index is 1.81. The third-order valence-corrected chi connectivity index (χ3v) is 3.76. The first kappa shape index (κ1) is 17.4. The van der Waals surface area contributed by atoms with Crippen molar-refractivity contribution in [2.45, 2.75) is 13.8 Å². The highest BCUT2D eigenvalue weighted by Gasteiger charge is 2.15. The van der Waals surface area contributed by atoms with Crippen molar-refractivity contribution < 1.29 is 13.9 Å². The molecule has 1 amide bonds. The number of para-hydroxylation sites is 1. The number of nitrogen functional groups attached to an aromatic ring is 1. The number of amides is 1. The van der Waals surface area contributed by atoms with Crippen LogP contribution in [-0.2, 0) is 0 Å². The van der Waals surface area contributed by atoms with Crippen LogP contribution in [-0.4, -0.2) is 10.9 Å². The van der Waals surface area contributed by atoms with E-state index in [1.807, 2.05) is 6.92 Å². The van der Waals surface area contributed by atoms with Crippen LogP contribution in [0, 0.1) is 19.7 Å². The average molecular weight is 351 g/mol. The maximum Gasteiger partial charge on any atom is 0.259 e. The summed E-state index contributed by atoms with van der Waals surface area (Å²) in [5, 5.41) is 2.77. The molecule has 0 saturated heterocycles. The Bertz CT molecular complexity index is 950. The number of hydrogen-bond donors (Lipinski definition) is 2. The number of nitrogens with zero attached hydrogens (tertiary/aromatic N) is 1. The topological polar surface area (TPSA) is 77.2 Å². The molecule has 0 radical (unpaired) electrons. The highest BCUT2D eigenvalue weighted by atomic mass is 19.1. The number of carbonyl (C=O) groups excluding carboxylic acids is 1. The number of carbonyl (C=O) groups is 1. The zero-order chi connectivity index (χ0) is 18.7. The average Bonchev–Trinajstić information content (AvgIpc) is 2.56. The van der Waals surface area contributed by atoms with Crippen molar-refractivity contribution in [2.75, 3.05) is 11.1 Å². The van der Waals surface area contributed by atoms with Gasteiger partial charge in [0.25, 0.3) is 5.91 Å². The maximum absolute atomic E-state index is 13.7. The molecule has 0 saturated carbocycles. The second-order valence-electron chi connectivity index (χ2n) is 5.86. The lowest BCUT2D eigenvalue weighted by Gasteiger charge is -2.12. The smallest absolute Gasteiger partial charge is 0.259 e. The van der Waals surface area contributed by atoms with Gasteiger partial charge < -0.3 is 15.8 Å². The standard InChI is InChI=1S/C20H18FN3O2/c1-12-10-13(2)23-19(22)18(12)20(25)24-14-6-5-7-15(11-14)26-17-9-4-3-8-16(17)21/h3-11H,1-2H3,(H2,22,23)(H,24,25). The molecule has 0 aliphatic rings. The van der Waals surface area contributed by atoms with Gasteiger partial charge >= 0.3 is 0 Å². The predicted molar refractivity (Wildman–Crippen MR) is 99.0 cm³/mol. The highest BCUT2D eigenvalue weighted by molar-refractivity contribution is 6.08. The van der Waals surface area contributed by atoms with Crippen molar-refractivity contribution in [3.8, 4) is 11.5 Å². The van der Waals surface area contributed by atoms with Crippen LogP contribution in [0.2, 0.25) is 0 Å². The number of hydrogen-bond acceptors (Lipinski definition) is 4. The second-order valence-corrected chi connectivity index (χ2v) is 5.86. The van der Waals surface area contributed by atoms with Crippen molar-refractivity contribution in [2.24, 2.45) is 0 Å². The van der Waals surface area contributed by atoms with E-state index in [-0.39, 0.29) is 17.5 Å². The third-order valence-electron chi connectivity index (χ3n) is 3.76. The molecule has 3 N–H and O–H groups in total. The van der Waals surface area contributed by atoms with Crippen LogP contribution < -0.4 is 15.8 Å². The summed E-state index contributed by atoms with van der Waals surface area (Å²) >= 11 is 0. The van der Waals surface area contributed by atoms with Gasteiger partial charge in [-0.15, -0.1) is 0 Å². The SMILES string of the molecule is Cc1cc(C)c(C(=O)Nc2cccc(Oc3ccccc3F)c2)c(N)n1. The van der Waals surface area contributed by atoms with Gasteiger partial charge in [0.2, 0.25) is 0 Å². The first-order chi connectivity index (χ1) is 12.4. The van der Waals surface area contributed by atoms with Crippen LogP contribution in [0.15, 0.2) is 54.6 Å². The Hall–Kier alpha value is -3.41. The lowest BCUT2D eigenvalue weighted by Crippen LogP contribution is -2.17. The zero-order valence-electron chi connectivity index (χ0n) is 14.4. The van der Waals surface area contributed by atoms with E-state index >= 15 is 0 Å². The van der Waals surface area contributed by atoms with Crippen molar-refractivity contribution >= 4 is 17.4 Å². The van der Waals surface area contributed by atoms with Crippen LogP contribution >= 0.6 is 0 Å². The number of halogens is 1. The molecule has 132 valence electrons. The van der Waals surface area contributed by atoms with Crippen molar-refractivity contribution in [1.82, 2.24) is 4.98 Å². The summed E-state index contributed by atoms with van der Waals surface area (Å²) in [5.74, 6) is -0.135. The number of pyridine rings is 1. The van der Waals surface area contributed by atoms with Gasteiger partial charge in [-0.3, -0.25) is 4.79 Å².